The van der Waals surface area contributed by atoms with Crippen LogP contribution in [-0.2, 0) is 26.5 Å². The number of fused-ring (bicyclic) bond motifs is 2. The molecule has 5 heteroatoms. The Balaban J connectivity index is 0.000000315. The summed E-state index contributed by atoms with van der Waals surface area (Å²) in [6, 6.07) is 55.9. The van der Waals surface area contributed by atoms with Crippen molar-refractivity contribution in [2.45, 2.75) is 27.1 Å². The predicted octanol–water partition coefficient (Wildman–Crippen LogP) is 12.6. The molecule has 0 aliphatic heterocycles. The maximum Gasteiger partial charge on any atom is 0.0774 e. The number of hydrogen-bond donors (Lipinski definition) is 0. The van der Waals surface area contributed by atoms with Gasteiger partial charge in [0.2, 0.25) is 0 Å². The van der Waals surface area contributed by atoms with Crippen molar-refractivity contribution in [1.29, 1.82) is 0 Å². The van der Waals surface area contributed by atoms with Gasteiger partial charge in [0.05, 0.1) is 22.5 Å². The van der Waals surface area contributed by atoms with Crippen LogP contribution < -0.4 is 0 Å². The molecule has 4 nitrogen and oxygen atoms in total. The van der Waals surface area contributed by atoms with Crippen molar-refractivity contribution in [1.82, 2.24) is 14.5 Å². The first-order valence-corrected chi connectivity index (χ1v) is 17.9. The van der Waals surface area contributed by atoms with E-state index in [2.05, 4.69) is 95.5 Å². The maximum atomic E-state index is 8.76. The number of aryl methyl sites for hydroxylation is 1. The number of furan rings is 1. The van der Waals surface area contributed by atoms with E-state index in [4.69, 9.17) is 12.1 Å². The third-order valence-electron chi connectivity index (χ3n) is 9.05. The first-order chi connectivity index (χ1) is 26.8. The second-order valence-corrected chi connectivity index (χ2v) is 13.3. The number of nitrogens with zero attached hydrogens (tertiary/aromatic N) is 3. The molecule has 54 heavy (non-hydrogen) atoms. The third kappa shape index (κ3) is 7.61. The molecule has 0 bridgehead atoms. The van der Waals surface area contributed by atoms with Crippen LogP contribution in [0.4, 0.5) is 0 Å². The van der Waals surface area contributed by atoms with E-state index in [-0.39, 0.29) is 26.0 Å². The van der Waals surface area contributed by atoms with Gasteiger partial charge in [-0.25, -0.2) is 0 Å². The summed E-state index contributed by atoms with van der Waals surface area (Å²) in [7, 11) is 0. The molecule has 9 aromatic rings. The number of pyridine rings is 1. The number of benzene rings is 6. The van der Waals surface area contributed by atoms with Crippen LogP contribution in [0.15, 0.2) is 168 Å². The topological polar surface area (TPSA) is 43.9 Å². The predicted molar refractivity (Wildman–Crippen MR) is 218 cm³/mol. The van der Waals surface area contributed by atoms with Crippen LogP contribution in [0.3, 0.4) is 0 Å². The summed E-state index contributed by atoms with van der Waals surface area (Å²) >= 11 is 0. The second-order valence-electron chi connectivity index (χ2n) is 13.3. The van der Waals surface area contributed by atoms with Gasteiger partial charge in [0.15, 0.2) is 0 Å². The van der Waals surface area contributed by atoms with Crippen molar-refractivity contribution in [3.63, 3.8) is 0 Å². The van der Waals surface area contributed by atoms with Crippen molar-refractivity contribution in [2.75, 3.05) is 0 Å². The zero-order valence-electron chi connectivity index (χ0n) is 32.2. The monoisotopic (exact) mass is 880 g/mol. The van der Waals surface area contributed by atoms with E-state index in [1.807, 2.05) is 105 Å². The Labute approximate surface area is 333 Å². The Kier molecular flexibility index (Phi) is 10.3. The third-order valence-corrected chi connectivity index (χ3v) is 9.05. The summed E-state index contributed by atoms with van der Waals surface area (Å²) in [5.74, 6) is 0.503. The molecule has 6 aromatic carbocycles. The molecule has 0 amide bonds. The van der Waals surface area contributed by atoms with Crippen LogP contribution in [0.1, 0.15) is 27.7 Å². The molecule has 0 saturated heterocycles. The molecular formula is C49H39IrN3O-2. The molecule has 1 radical (unpaired) electrons. The van der Waals surface area contributed by atoms with E-state index in [0.717, 1.165) is 61.2 Å². The van der Waals surface area contributed by atoms with Crippen LogP contribution in [0, 0.1) is 25.2 Å². The fraction of sp³-hybridized carbons (Fsp3) is 0.102. The van der Waals surface area contributed by atoms with Crippen molar-refractivity contribution in [3.8, 4) is 50.6 Å². The quantitative estimate of drug-likeness (QED) is 0.150. The number of rotatable bonds is 7. The number of hydrogen-bond acceptors (Lipinski definition) is 3. The maximum absolute atomic E-state index is 8.76. The van der Waals surface area contributed by atoms with Gasteiger partial charge in [-0.3, -0.25) is 4.98 Å². The number of aromatic nitrogens is 3. The van der Waals surface area contributed by atoms with Crippen molar-refractivity contribution < 1.29 is 27.3 Å². The van der Waals surface area contributed by atoms with Gasteiger partial charge in [-0.05, 0) is 71.9 Å². The van der Waals surface area contributed by atoms with Crippen LogP contribution >= 0.6 is 0 Å². The molecule has 267 valence electrons. The van der Waals surface area contributed by atoms with Gasteiger partial charge in [0.25, 0.3) is 0 Å². The average Bonchev–Trinajstić information content (AvgIpc) is 3.83. The van der Waals surface area contributed by atoms with Gasteiger partial charge in [-0.15, -0.1) is 35.9 Å². The van der Waals surface area contributed by atoms with Crippen LogP contribution in [0.5, 0.6) is 0 Å². The molecule has 3 heterocycles. The Bertz CT molecular complexity index is 2610. The Hall–Kier alpha value is -5.87. The van der Waals surface area contributed by atoms with Crippen LogP contribution in [0.2, 0.25) is 0 Å². The average molecular weight is 880 g/mol. The standard InChI is InChI=1S/C38H31N2O.C11H8N.Ir/c1-25(2)20-27-18-19-36-32(23-27)33(24-41-36)38-39-34-16-10-11-17-35(34)40(38)37-30(28-12-6-4-7-13-28)21-26(3)22-31(37)29-14-8-5-9-15-29;1-2-6-10(7-3-1)11-8-4-5-9-12-11;/h4-19,21-23,25H,20H2,1-3H3;1-6,8-9H;/q2*-1;/i20D2;;. The molecule has 3 aromatic heterocycles. The van der Waals surface area contributed by atoms with E-state index in [1.165, 1.54) is 0 Å². The summed E-state index contributed by atoms with van der Waals surface area (Å²) in [5.41, 5.74) is 12.4. The fourth-order valence-electron chi connectivity index (χ4n) is 6.75. The minimum atomic E-state index is -1.50. The van der Waals surface area contributed by atoms with Gasteiger partial charge in [-0.1, -0.05) is 133 Å². The molecule has 0 aliphatic rings. The minimum absolute atomic E-state index is 0. The first-order valence-electron chi connectivity index (χ1n) is 18.9. The van der Waals surface area contributed by atoms with Crippen molar-refractivity contribution in [3.05, 3.63) is 187 Å². The molecule has 0 unspecified atom stereocenters. The Morgan fingerprint density at radius 2 is 1.41 bits per heavy atom. The molecular weight excluding hydrogens is 839 g/mol. The van der Waals surface area contributed by atoms with Gasteiger partial charge in [-0.2, -0.15) is 0 Å². The summed E-state index contributed by atoms with van der Waals surface area (Å²) < 4.78 is 25.7. The summed E-state index contributed by atoms with van der Waals surface area (Å²) in [6.45, 7) is 5.94. The second kappa shape index (κ2) is 16.4. The molecule has 0 atom stereocenters. The Morgan fingerprint density at radius 1 is 0.741 bits per heavy atom. The van der Waals surface area contributed by atoms with E-state index < -0.39 is 6.37 Å². The van der Waals surface area contributed by atoms with Crippen LogP contribution in [-0.4, -0.2) is 14.5 Å². The molecule has 0 N–H and O–H groups in total. The SMILES string of the molecule is [2H]C([2H])(c1ccc2o[c-]c(-c3nc4ccccc4n3-c3c(-c4ccccc4)cc(C)cc3-c3ccccc3)c2c1)C(C)C.[Ir].[c-]1ccccc1-c1ccccn1. The first kappa shape index (κ1) is 33.9. The zero-order valence-corrected chi connectivity index (χ0v) is 32.6. The summed E-state index contributed by atoms with van der Waals surface area (Å²) in [5, 5.41) is 0.785. The fourth-order valence-corrected chi connectivity index (χ4v) is 6.75. The van der Waals surface area contributed by atoms with Gasteiger partial charge in [0.1, 0.15) is 0 Å². The molecule has 9 rings (SSSR count). The number of imidazole rings is 1. The van der Waals surface area contributed by atoms with Crippen LogP contribution in [0.25, 0.3) is 72.6 Å². The summed E-state index contributed by atoms with van der Waals surface area (Å²) in [6.07, 6.45) is 3.45. The van der Waals surface area contributed by atoms with E-state index in [9.17, 15) is 0 Å². The Morgan fingerprint density at radius 3 is 2.06 bits per heavy atom. The zero-order chi connectivity index (χ0) is 37.9. The smallest absolute Gasteiger partial charge is 0.0774 e. The number of para-hydroxylation sites is 2. The van der Waals surface area contributed by atoms with Gasteiger partial charge >= 0.3 is 0 Å². The molecule has 0 fully saturated rings. The minimum Gasteiger partial charge on any atom is -0.557 e. The van der Waals surface area contributed by atoms with E-state index in [1.54, 1.807) is 6.20 Å². The van der Waals surface area contributed by atoms with Crippen molar-refractivity contribution in [2.24, 2.45) is 5.92 Å². The van der Waals surface area contributed by atoms with E-state index in [0.29, 0.717) is 22.5 Å². The van der Waals surface area contributed by atoms with Gasteiger partial charge in [0, 0.05) is 52.0 Å². The van der Waals surface area contributed by atoms with Gasteiger partial charge < -0.3 is 14.0 Å². The van der Waals surface area contributed by atoms with E-state index >= 15 is 0 Å². The largest absolute Gasteiger partial charge is 0.557 e. The molecule has 0 aliphatic carbocycles. The molecule has 0 spiro atoms. The summed E-state index contributed by atoms with van der Waals surface area (Å²) in [4.78, 5) is 9.40. The normalized spacial score (nSPS) is 11.8. The molecule has 0 saturated carbocycles. The van der Waals surface area contributed by atoms with Crippen molar-refractivity contribution >= 4 is 22.0 Å².